The summed E-state index contributed by atoms with van der Waals surface area (Å²) in [7, 11) is 1.35. The Morgan fingerprint density at radius 1 is 1.12 bits per heavy atom. The number of halogens is 1. The number of thiophene rings is 1. The van der Waals surface area contributed by atoms with Gasteiger partial charge in [0.15, 0.2) is 4.88 Å². The maximum Gasteiger partial charge on any atom is 0.410 e. The normalized spacial score (nSPS) is 14.9. The van der Waals surface area contributed by atoms with E-state index < -0.39 is 17.7 Å². The predicted molar refractivity (Wildman–Crippen MR) is 170 cm³/mol. The summed E-state index contributed by atoms with van der Waals surface area (Å²) in [5.41, 5.74) is 4.04. The Hall–Kier alpha value is -3.82. The van der Waals surface area contributed by atoms with Crippen molar-refractivity contribution >= 4 is 51.6 Å². The number of ether oxygens (including phenoxy) is 3. The third kappa shape index (κ3) is 6.73. The molecule has 1 fully saturated rings. The zero-order chi connectivity index (χ0) is 30.9. The van der Waals surface area contributed by atoms with E-state index in [9.17, 15) is 9.59 Å². The van der Waals surface area contributed by atoms with Crippen molar-refractivity contribution in [2.24, 2.45) is 5.92 Å². The van der Waals surface area contributed by atoms with Crippen molar-refractivity contribution in [3.8, 4) is 10.8 Å². The van der Waals surface area contributed by atoms with Gasteiger partial charge in [0, 0.05) is 29.7 Å². The molecular formula is C33H36ClN3O5S. The standard InChI is InChI=1S/C33H36ClN3O5S/c1-20(22-13-15-36(16-14-22)32(39)42-33(3,4)5)23-11-12-26-27(17-23)37(19-35-26)29-18-28(30(43-29)31(38)40-6)41-21(2)24-9-7-8-10-25(24)34/h7-12,17-19,21-22H,1,13-16H2,2-6H3. The van der Waals surface area contributed by atoms with Gasteiger partial charge in [-0.3, -0.25) is 4.57 Å². The van der Waals surface area contributed by atoms with E-state index in [1.165, 1.54) is 18.4 Å². The molecule has 1 saturated heterocycles. The molecule has 1 aliphatic rings. The first-order valence-electron chi connectivity index (χ1n) is 14.2. The van der Waals surface area contributed by atoms with Gasteiger partial charge in [-0.15, -0.1) is 11.3 Å². The number of aromatic nitrogens is 2. The van der Waals surface area contributed by atoms with Crippen LogP contribution in [-0.4, -0.2) is 52.3 Å². The van der Waals surface area contributed by atoms with Crippen LogP contribution in [0.1, 0.15) is 67.4 Å². The lowest BCUT2D eigenvalue weighted by Crippen LogP contribution is -2.41. The highest BCUT2D eigenvalue weighted by Gasteiger charge is 2.29. The van der Waals surface area contributed by atoms with Crippen molar-refractivity contribution in [1.29, 1.82) is 0 Å². The molecule has 0 bridgehead atoms. The maximum atomic E-state index is 12.7. The molecule has 0 N–H and O–H groups in total. The smallest absolute Gasteiger partial charge is 0.410 e. The van der Waals surface area contributed by atoms with Crippen molar-refractivity contribution in [2.45, 2.75) is 52.2 Å². The Balaban J connectivity index is 1.38. The van der Waals surface area contributed by atoms with Crippen LogP contribution in [0.25, 0.3) is 21.6 Å². The quantitative estimate of drug-likeness (QED) is 0.193. The number of hydrogen-bond donors (Lipinski definition) is 0. The van der Waals surface area contributed by atoms with Gasteiger partial charge < -0.3 is 19.1 Å². The summed E-state index contributed by atoms with van der Waals surface area (Å²) in [6.45, 7) is 13.2. The number of benzene rings is 2. The van der Waals surface area contributed by atoms with Crippen LogP contribution in [0.2, 0.25) is 5.02 Å². The number of hydrogen-bond acceptors (Lipinski definition) is 7. The van der Waals surface area contributed by atoms with E-state index in [2.05, 4.69) is 17.6 Å². The number of rotatable bonds is 7. The number of methoxy groups -OCH3 is 1. The predicted octanol–water partition coefficient (Wildman–Crippen LogP) is 8.33. The van der Waals surface area contributed by atoms with Crippen LogP contribution in [0.4, 0.5) is 4.79 Å². The molecular weight excluding hydrogens is 586 g/mol. The molecule has 4 aromatic rings. The lowest BCUT2D eigenvalue weighted by Gasteiger charge is -2.34. The van der Waals surface area contributed by atoms with E-state index in [1.807, 2.05) is 74.7 Å². The highest BCUT2D eigenvalue weighted by atomic mass is 35.5. The second-order valence-corrected chi connectivity index (χ2v) is 13.1. The third-order valence-electron chi connectivity index (χ3n) is 7.50. The number of likely N-dealkylation sites (tertiary alicyclic amines) is 1. The lowest BCUT2D eigenvalue weighted by atomic mass is 9.86. The van der Waals surface area contributed by atoms with Crippen LogP contribution in [0, 0.1) is 5.92 Å². The van der Waals surface area contributed by atoms with Crippen LogP contribution in [0.3, 0.4) is 0 Å². The minimum absolute atomic E-state index is 0.242. The minimum Gasteiger partial charge on any atom is -0.484 e. The Morgan fingerprint density at radius 2 is 1.84 bits per heavy atom. The SMILES string of the molecule is C=C(c1ccc2ncn(-c3cc(OC(C)c4ccccc4Cl)c(C(=O)OC)s3)c2c1)C1CCN(C(=O)OC(C)(C)C)CC1. The molecule has 0 spiro atoms. The van der Waals surface area contributed by atoms with Crippen LogP contribution in [0.15, 0.2) is 61.4 Å². The third-order valence-corrected chi connectivity index (χ3v) is 8.94. The van der Waals surface area contributed by atoms with Gasteiger partial charge in [-0.2, -0.15) is 0 Å². The molecule has 0 aliphatic carbocycles. The van der Waals surface area contributed by atoms with Crippen LogP contribution in [0.5, 0.6) is 5.75 Å². The summed E-state index contributed by atoms with van der Waals surface area (Å²) >= 11 is 7.67. The minimum atomic E-state index is -0.517. The number of imidazole rings is 1. The average molecular weight is 622 g/mol. The molecule has 0 radical (unpaired) electrons. The first kappa shape index (κ1) is 30.6. The average Bonchev–Trinajstić information content (AvgIpc) is 3.59. The first-order chi connectivity index (χ1) is 20.4. The van der Waals surface area contributed by atoms with E-state index in [0.29, 0.717) is 28.7 Å². The first-order valence-corrected chi connectivity index (χ1v) is 15.4. The number of nitrogens with zero attached hydrogens (tertiary/aromatic N) is 3. The lowest BCUT2D eigenvalue weighted by molar-refractivity contribution is 0.0199. The molecule has 5 rings (SSSR count). The van der Waals surface area contributed by atoms with Gasteiger partial charge in [0.05, 0.1) is 18.1 Å². The summed E-state index contributed by atoms with van der Waals surface area (Å²) in [5.74, 6) is 0.179. The van der Waals surface area contributed by atoms with Crippen LogP contribution < -0.4 is 4.74 Å². The summed E-state index contributed by atoms with van der Waals surface area (Å²) < 4.78 is 18.8. The molecule has 2 aromatic carbocycles. The van der Waals surface area contributed by atoms with E-state index in [0.717, 1.165) is 45.6 Å². The van der Waals surface area contributed by atoms with Crippen molar-refractivity contribution in [2.75, 3.05) is 20.2 Å². The summed E-state index contributed by atoms with van der Waals surface area (Å²) in [5, 5.41) is 1.35. The van der Waals surface area contributed by atoms with Gasteiger partial charge in [0.1, 0.15) is 28.8 Å². The number of amides is 1. The van der Waals surface area contributed by atoms with Gasteiger partial charge in [-0.05, 0) is 75.8 Å². The van der Waals surface area contributed by atoms with Gasteiger partial charge in [-0.1, -0.05) is 42.4 Å². The van der Waals surface area contributed by atoms with Gasteiger partial charge in [-0.25, -0.2) is 14.6 Å². The van der Waals surface area contributed by atoms with Crippen LogP contribution >= 0.6 is 22.9 Å². The zero-order valence-electron chi connectivity index (χ0n) is 25.1. The van der Waals surface area contributed by atoms with Gasteiger partial charge >= 0.3 is 12.1 Å². The molecule has 43 heavy (non-hydrogen) atoms. The zero-order valence-corrected chi connectivity index (χ0v) is 26.6. The number of piperidine rings is 1. The van der Waals surface area contributed by atoms with Crippen molar-refractivity contribution in [3.05, 3.63) is 82.5 Å². The van der Waals surface area contributed by atoms with Crippen molar-refractivity contribution in [1.82, 2.24) is 14.5 Å². The fraction of sp³-hybridized carbons (Fsp3) is 0.364. The number of carbonyl (C=O) groups excluding carboxylic acids is 2. The highest BCUT2D eigenvalue weighted by molar-refractivity contribution is 7.16. The Bertz CT molecular complexity index is 1660. The highest BCUT2D eigenvalue weighted by Crippen LogP contribution is 2.38. The number of allylic oxidation sites excluding steroid dienone is 1. The second-order valence-electron chi connectivity index (χ2n) is 11.6. The second kappa shape index (κ2) is 12.4. The molecule has 1 aliphatic heterocycles. The molecule has 3 heterocycles. The largest absolute Gasteiger partial charge is 0.484 e. The fourth-order valence-corrected chi connectivity index (χ4v) is 6.50. The van der Waals surface area contributed by atoms with Crippen molar-refractivity contribution < 1.29 is 23.8 Å². The van der Waals surface area contributed by atoms with Gasteiger partial charge in [0.25, 0.3) is 0 Å². The Kier molecular flexibility index (Phi) is 8.85. The summed E-state index contributed by atoms with van der Waals surface area (Å²) in [4.78, 5) is 32.0. The molecule has 1 unspecified atom stereocenters. The maximum absolute atomic E-state index is 12.7. The number of esters is 1. The molecule has 1 atom stereocenters. The van der Waals surface area contributed by atoms with Crippen LogP contribution in [-0.2, 0) is 9.47 Å². The van der Waals surface area contributed by atoms with E-state index in [4.69, 9.17) is 25.8 Å². The molecule has 1 amide bonds. The number of carbonyl (C=O) groups is 2. The molecule has 0 saturated carbocycles. The van der Waals surface area contributed by atoms with E-state index >= 15 is 0 Å². The molecule has 10 heteroatoms. The number of fused-ring (bicyclic) bond motifs is 1. The van der Waals surface area contributed by atoms with E-state index in [-0.39, 0.29) is 12.0 Å². The van der Waals surface area contributed by atoms with Gasteiger partial charge in [0.2, 0.25) is 0 Å². The molecule has 226 valence electrons. The van der Waals surface area contributed by atoms with E-state index in [1.54, 1.807) is 11.2 Å². The molecule has 8 nitrogen and oxygen atoms in total. The van der Waals surface area contributed by atoms with Crippen molar-refractivity contribution in [3.63, 3.8) is 0 Å². The topological polar surface area (TPSA) is 82.9 Å². The summed E-state index contributed by atoms with van der Waals surface area (Å²) in [6.07, 6.45) is 2.70. The monoisotopic (exact) mass is 621 g/mol. The molecule has 2 aromatic heterocycles. The fourth-order valence-electron chi connectivity index (χ4n) is 5.22. The Morgan fingerprint density at radius 3 is 2.51 bits per heavy atom. The summed E-state index contributed by atoms with van der Waals surface area (Å²) in [6, 6.07) is 15.4. The Labute approximate surface area is 260 Å².